The van der Waals surface area contributed by atoms with Crippen LogP contribution in [0.25, 0.3) is 22.8 Å². The van der Waals surface area contributed by atoms with Crippen LogP contribution in [0.2, 0.25) is 0 Å². The molecule has 4 amide bonds. The largest absolute Gasteiger partial charge is 0.281 e. The van der Waals surface area contributed by atoms with Gasteiger partial charge in [-0.3, -0.25) is 38.8 Å². The van der Waals surface area contributed by atoms with Crippen molar-refractivity contribution in [2.75, 3.05) is 45.8 Å². The highest BCUT2D eigenvalue weighted by molar-refractivity contribution is 5.95. The third-order valence-corrected chi connectivity index (χ3v) is 9.29. The molecule has 0 fully saturated rings. The Morgan fingerprint density at radius 2 is 0.629 bits per heavy atom. The van der Waals surface area contributed by atoms with Crippen molar-refractivity contribution in [1.82, 2.24) is 29.9 Å². The molecule has 0 aliphatic carbocycles. The number of aromatic nitrogens is 6. The van der Waals surface area contributed by atoms with Crippen LogP contribution in [0.1, 0.15) is 162 Å². The van der Waals surface area contributed by atoms with Crippen molar-refractivity contribution >= 4 is 47.4 Å². The molecule has 0 atom stereocenters. The maximum atomic E-state index is 13.9. The maximum absolute atomic E-state index is 13.9. The smallest absolute Gasteiger partial charge is 0.237 e. The van der Waals surface area contributed by atoms with Gasteiger partial charge in [-0.05, 0) is 53.4 Å². The summed E-state index contributed by atoms with van der Waals surface area (Å²) in [5.41, 5.74) is -0.0165. The second-order valence-electron chi connectivity index (χ2n) is 21.2. The normalized spacial score (nSPS) is 12.3. The minimum Gasteiger partial charge on any atom is -0.281 e. The quantitative estimate of drug-likeness (QED) is 0.121. The second-order valence-corrected chi connectivity index (χ2v) is 21.2. The lowest BCUT2D eigenvalue weighted by molar-refractivity contribution is -0.121. The Labute approximate surface area is 372 Å². The van der Waals surface area contributed by atoms with Crippen molar-refractivity contribution in [3.8, 4) is 22.8 Å². The van der Waals surface area contributed by atoms with Crippen LogP contribution in [0.5, 0.6) is 0 Å². The van der Waals surface area contributed by atoms with Crippen molar-refractivity contribution in [2.24, 2.45) is 21.7 Å². The summed E-state index contributed by atoms with van der Waals surface area (Å²) in [6.45, 7) is 33.7. The zero-order valence-electron chi connectivity index (χ0n) is 40.9. The predicted octanol–water partition coefficient (Wildman–Crippen LogP) is 10.1. The first-order valence-electron chi connectivity index (χ1n) is 22.5. The Morgan fingerprint density at radius 3 is 0.823 bits per heavy atom. The summed E-state index contributed by atoms with van der Waals surface area (Å²) in [7, 11) is 0. The average molecular weight is 857 g/mol. The van der Waals surface area contributed by atoms with Gasteiger partial charge < -0.3 is 0 Å². The van der Waals surface area contributed by atoms with Gasteiger partial charge in [-0.2, -0.15) is 29.9 Å². The van der Waals surface area contributed by atoms with Crippen molar-refractivity contribution in [2.45, 2.75) is 162 Å². The van der Waals surface area contributed by atoms with Gasteiger partial charge in [0, 0.05) is 63.0 Å². The van der Waals surface area contributed by atoms with E-state index in [2.05, 4.69) is 0 Å². The number of amides is 4. The van der Waals surface area contributed by atoms with Gasteiger partial charge in [0.25, 0.3) is 0 Å². The van der Waals surface area contributed by atoms with Crippen molar-refractivity contribution in [3.05, 3.63) is 24.3 Å². The van der Waals surface area contributed by atoms with Crippen LogP contribution in [-0.4, -0.2) is 79.7 Å². The number of rotatable bonds is 18. The van der Waals surface area contributed by atoms with E-state index >= 15 is 0 Å². The lowest BCUT2D eigenvalue weighted by Gasteiger charge is -2.28. The Hall–Kier alpha value is -4.88. The van der Waals surface area contributed by atoms with E-state index in [-0.39, 0.29) is 106 Å². The molecule has 3 aromatic rings. The molecule has 1 aromatic carbocycles. The number of nitrogens with zero attached hydrogens (tertiary/aromatic N) is 10. The number of anilines is 4. The van der Waals surface area contributed by atoms with Gasteiger partial charge in [0.1, 0.15) is 0 Å². The molecule has 3 rings (SSSR count). The molecule has 342 valence electrons. The summed E-state index contributed by atoms with van der Waals surface area (Å²) in [6, 6.07) is 7.38. The molecule has 0 aliphatic rings. The summed E-state index contributed by atoms with van der Waals surface area (Å²) in [5.74, 6) is 0.691. The highest BCUT2D eigenvalue weighted by Gasteiger charge is 2.31. The van der Waals surface area contributed by atoms with E-state index in [0.717, 1.165) is 0 Å². The van der Waals surface area contributed by atoms with E-state index in [4.69, 9.17) is 29.9 Å². The van der Waals surface area contributed by atoms with Gasteiger partial charge in [-0.1, -0.05) is 129 Å². The fraction of sp³-hybridized carbons (Fsp3) is 0.667. The minimum absolute atomic E-state index is 0.125. The summed E-state index contributed by atoms with van der Waals surface area (Å²) in [4.78, 5) is 91.6. The Kier molecular flexibility index (Phi) is 17.8. The standard InChI is InChI=1S/C48H76N10O4/c1-17-24-55(35(59)29-45(5,6)7)41-49-39(50-42(53-41)56(25-18-2)36(60)30-46(8,9)10)33-22-21-23-34(28-33)40-51-43(57(26-19-3)37(61)31-47(11,12)13)54-44(52-40)58(27-20-4)38(62)32-48(14,15)16/h21-23,28H,17-20,24-27,29-32H2,1-16H3. The lowest BCUT2D eigenvalue weighted by Crippen LogP contribution is -2.38. The molecule has 0 saturated carbocycles. The molecule has 14 heteroatoms. The number of benzene rings is 1. The first-order valence-corrected chi connectivity index (χ1v) is 22.5. The molecular weight excluding hydrogens is 781 g/mol. The molecule has 0 unspecified atom stereocenters. The molecule has 0 spiro atoms. The van der Waals surface area contributed by atoms with Crippen molar-refractivity contribution < 1.29 is 19.2 Å². The number of carbonyl (C=O) groups is 4. The van der Waals surface area contributed by atoms with E-state index in [1.807, 2.05) is 135 Å². The molecule has 0 bridgehead atoms. The average Bonchev–Trinajstić information content (AvgIpc) is 3.13. The van der Waals surface area contributed by atoms with Gasteiger partial charge >= 0.3 is 0 Å². The van der Waals surface area contributed by atoms with Crippen LogP contribution in [0.4, 0.5) is 23.8 Å². The third kappa shape index (κ3) is 15.8. The van der Waals surface area contributed by atoms with Gasteiger partial charge in [0.05, 0.1) is 0 Å². The number of hydrogen-bond acceptors (Lipinski definition) is 10. The molecule has 14 nitrogen and oxygen atoms in total. The van der Waals surface area contributed by atoms with E-state index in [0.29, 0.717) is 63.0 Å². The molecule has 0 radical (unpaired) electrons. The Bertz CT molecular complexity index is 1750. The van der Waals surface area contributed by atoms with E-state index in [1.54, 1.807) is 19.6 Å². The van der Waals surface area contributed by atoms with Crippen LogP contribution in [0, 0.1) is 21.7 Å². The fourth-order valence-corrected chi connectivity index (χ4v) is 6.68. The highest BCUT2D eigenvalue weighted by Crippen LogP contribution is 2.32. The van der Waals surface area contributed by atoms with E-state index < -0.39 is 0 Å². The molecule has 62 heavy (non-hydrogen) atoms. The van der Waals surface area contributed by atoms with Crippen molar-refractivity contribution in [3.63, 3.8) is 0 Å². The Morgan fingerprint density at radius 1 is 0.403 bits per heavy atom. The topological polar surface area (TPSA) is 159 Å². The summed E-state index contributed by atoms with van der Waals surface area (Å²) >= 11 is 0. The summed E-state index contributed by atoms with van der Waals surface area (Å²) in [6.07, 6.45) is 3.72. The maximum Gasteiger partial charge on any atom is 0.237 e. The summed E-state index contributed by atoms with van der Waals surface area (Å²) in [5, 5.41) is 0. The monoisotopic (exact) mass is 857 g/mol. The lowest BCUT2D eigenvalue weighted by atomic mass is 9.91. The van der Waals surface area contributed by atoms with Crippen LogP contribution in [0.3, 0.4) is 0 Å². The Balaban J connectivity index is 2.41. The zero-order valence-corrected chi connectivity index (χ0v) is 40.9. The van der Waals surface area contributed by atoms with Crippen LogP contribution < -0.4 is 19.6 Å². The van der Waals surface area contributed by atoms with Crippen LogP contribution >= 0.6 is 0 Å². The molecule has 0 aliphatic heterocycles. The molecule has 0 saturated heterocycles. The van der Waals surface area contributed by atoms with Crippen LogP contribution in [-0.2, 0) is 19.2 Å². The zero-order chi connectivity index (χ0) is 46.8. The van der Waals surface area contributed by atoms with Gasteiger partial charge in [-0.15, -0.1) is 0 Å². The van der Waals surface area contributed by atoms with Gasteiger partial charge in [0.2, 0.25) is 47.4 Å². The second kappa shape index (κ2) is 21.5. The fourth-order valence-electron chi connectivity index (χ4n) is 6.68. The molecular formula is C48H76N10O4. The summed E-state index contributed by atoms with van der Waals surface area (Å²) < 4.78 is 0. The van der Waals surface area contributed by atoms with Gasteiger partial charge in [-0.25, -0.2) is 0 Å². The number of hydrogen-bond donors (Lipinski definition) is 0. The highest BCUT2D eigenvalue weighted by atomic mass is 16.2. The minimum atomic E-state index is -0.288. The SMILES string of the molecule is CCCN(C(=O)CC(C)(C)C)c1nc(-c2cccc(-c3nc(N(CCC)C(=O)CC(C)(C)C)nc(N(CCC)C(=O)CC(C)(C)C)n3)c2)nc(N(CCC)C(=O)CC(C)(C)C)n1. The van der Waals surface area contributed by atoms with Crippen molar-refractivity contribution in [1.29, 1.82) is 0 Å². The number of carbonyl (C=O) groups excluding carboxylic acids is 4. The van der Waals surface area contributed by atoms with E-state index in [1.165, 1.54) is 0 Å². The molecule has 0 N–H and O–H groups in total. The first kappa shape index (κ1) is 51.5. The molecule has 2 aromatic heterocycles. The third-order valence-electron chi connectivity index (χ3n) is 9.29. The van der Waals surface area contributed by atoms with Gasteiger partial charge in [0.15, 0.2) is 11.6 Å². The predicted molar refractivity (Wildman–Crippen MR) is 251 cm³/mol. The molecule has 2 heterocycles. The van der Waals surface area contributed by atoms with E-state index in [9.17, 15) is 19.2 Å². The van der Waals surface area contributed by atoms with Crippen LogP contribution in [0.15, 0.2) is 24.3 Å². The first-order chi connectivity index (χ1) is 28.7.